The van der Waals surface area contributed by atoms with E-state index in [1.807, 2.05) is 0 Å². The molecular formula is C16H8Cl2F2N2OS. The van der Waals surface area contributed by atoms with E-state index in [2.05, 4.69) is 10.3 Å². The van der Waals surface area contributed by atoms with Gasteiger partial charge in [0.15, 0.2) is 5.13 Å². The summed E-state index contributed by atoms with van der Waals surface area (Å²) in [5.41, 5.74) is 0.646. The highest BCUT2D eigenvalue weighted by Gasteiger charge is 2.16. The predicted molar refractivity (Wildman–Crippen MR) is 91.9 cm³/mol. The molecule has 1 amide bonds. The summed E-state index contributed by atoms with van der Waals surface area (Å²) in [6.45, 7) is 0. The summed E-state index contributed by atoms with van der Waals surface area (Å²) in [4.78, 5) is 16.4. The summed E-state index contributed by atoms with van der Waals surface area (Å²) < 4.78 is 27.3. The van der Waals surface area contributed by atoms with Gasteiger partial charge in [0.1, 0.15) is 11.6 Å². The highest BCUT2D eigenvalue weighted by Crippen LogP contribution is 2.28. The number of amides is 1. The van der Waals surface area contributed by atoms with E-state index in [0.717, 1.165) is 23.5 Å². The van der Waals surface area contributed by atoms with Crippen molar-refractivity contribution in [1.82, 2.24) is 4.98 Å². The molecule has 24 heavy (non-hydrogen) atoms. The zero-order chi connectivity index (χ0) is 17.3. The van der Waals surface area contributed by atoms with Gasteiger partial charge >= 0.3 is 0 Å². The van der Waals surface area contributed by atoms with Crippen LogP contribution in [0.25, 0.3) is 11.3 Å². The van der Waals surface area contributed by atoms with Crippen LogP contribution in [0.4, 0.5) is 13.9 Å². The molecule has 0 fully saturated rings. The average Bonchev–Trinajstić information content (AvgIpc) is 2.99. The van der Waals surface area contributed by atoms with Crippen LogP contribution in [-0.4, -0.2) is 10.9 Å². The van der Waals surface area contributed by atoms with Crippen LogP contribution in [0.1, 0.15) is 10.4 Å². The number of aromatic nitrogens is 1. The number of nitrogens with one attached hydrogen (secondary N) is 1. The standard InChI is InChI=1S/C16H8Cl2F2N2OS/c17-10-6-11(18)13(20)5-9(10)15(23)22-16-21-14(7-24-16)8-3-1-2-4-12(8)19/h1-7H,(H,21,22,23). The first-order valence-electron chi connectivity index (χ1n) is 6.62. The van der Waals surface area contributed by atoms with Crippen molar-refractivity contribution in [2.75, 3.05) is 5.32 Å². The molecule has 3 aromatic rings. The molecule has 0 aliphatic heterocycles. The van der Waals surface area contributed by atoms with Crippen molar-refractivity contribution in [1.29, 1.82) is 0 Å². The summed E-state index contributed by atoms with van der Waals surface area (Å²) in [7, 11) is 0. The molecule has 0 atom stereocenters. The van der Waals surface area contributed by atoms with Crippen molar-refractivity contribution in [2.24, 2.45) is 0 Å². The molecule has 1 N–H and O–H groups in total. The number of nitrogens with zero attached hydrogens (tertiary/aromatic N) is 1. The van der Waals surface area contributed by atoms with Crippen LogP contribution in [0, 0.1) is 11.6 Å². The third kappa shape index (κ3) is 3.40. The van der Waals surface area contributed by atoms with E-state index < -0.39 is 17.5 Å². The smallest absolute Gasteiger partial charge is 0.259 e. The molecule has 3 rings (SSSR count). The lowest BCUT2D eigenvalue weighted by molar-refractivity contribution is 0.102. The van der Waals surface area contributed by atoms with Gasteiger partial charge in [-0.05, 0) is 24.3 Å². The van der Waals surface area contributed by atoms with Crippen LogP contribution in [-0.2, 0) is 0 Å². The van der Waals surface area contributed by atoms with Gasteiger partial charge in [-0.2, -0.15) is 0 Å². The van der Waals surface area contributed by atoms with Crippen LogP contribution in [0.5, 0.6) is 0 Å². The fraction of sp³-hybridized carbons (Fsp3) is 0. The summed E-state index contributed by atoms with van der Waals surface area (Å²) in [5, 5.41) is 4.20. The van der Waals surface area contributed by atoms with E-state index in [1.54, 1.807) is 23.6 Å². The van der Waals surface area contributed by atoms with Crippen LogP contribution in [0.15, 0.2) is 41.8 Å². The topological polar surface area (TPSA) is 42.0 Å². The van der Waals surface area contributed by atoms with Crippen molar-refractivity contribution in [3.8, 4) is 11.3 Å². The average molecular weight is 385 g/mol. The van der Waals surface area contributed by atoms with Gasteiger partial charge in [0.05, 0.1) is 21.3 Å². The van der Waals surface area contributed by atoms with E-state index in [1.165, 1.54) is 6.07 Å². The van der Waals surface area contributed by atoms with Gasteiger partial charge in [-0.15, -0.1) is 11.3 Å². The van der Waals surface area contributed by atoms with Crippen molar-refractivity contribution >= 4 is 45.6 Å². The minimum absolute atomic E-state index is 0.0183. The molecule has 0 aliphatic carbocycles. The normalized spacial score (nSPS) is 10.7. The molecule has 8 heteroatoms. The zero-order valence-corrected chi connectivity index (χ0v) is 14.1. The maximum absolute atomic E-state index is 13.8. The SMILES string of the molecule is O=C(Nc1nc(-c2ccccc2F)cs1)c1cc(F)c(Cl)cc1Cl. The van der Waals surface area contributed by atoms with E-state index in [0.29, 0.717) is 11.3 Å². The molecule has 0 bridgehead atoms. The van der Waals surface area contributed by atoms with Crippen LogP contribution >= 0.6 is 34.5 Å². The summed E-state index contributed by atoms with van der Waals surface area (Å²) in [6, 6.07) is 8.27. The van der Waals surface area contributed by atoms with Crippen molar-refractivity contribution in [2.45, 2.75) is 0 Å². The number of carbonyl (C=O) groups excluding carboxylic acids is 1. The molecule has 1 heterocycles. The number of anilines is 1. The number of carbonyl (C=O) groups is 1. The molecular weight excluding hydrogens is 377 g/mol. The third-order valence-corrected chi connectivity index (χ3v) is 4.49. The van der Waals surface area contributed by atoms with Gasteiger partial charge in [-0.1, -0.05) is 35.3 Å². The van der Waals surface area contributed by atoms with Crippen LogP contribution in [0.2, 0.25) is 10.0 Å². The first kappa shape index (κ1) is 16.8. The number of benzene rings is 2. The van der Waals surface area contributed by atoms with Crippen LogP contribution in [0.3, 0.4) is 0 Å². The number of halogens is 4. The van der Waals surface area contributed by atoms with E-state index >= 15 is 0 Å². The Hall–Kier alpha value is -2.02. The highest BCUT2D eigenvalue weighted by atomic mass is 35.5. The van der Waals surface area contributed by atoms with Crippen LogP contribution < -0.4 is 5.32 Å². The second-order valence-electron chi connectivity index (χ2n) is 4.72. The van der Waals surface area contributed by atoms with Crippen molar-refractivity contribution < 1.29 is 13.6 Å². The van der Waals surface area contributed by atoms with E-state index in [-0.39, 0.29) is 20.7 Å². The Kier molecular flexibility index (Phi) is 4.80. The fourth-order valence-electron chi connectivity index (χ4n) is 1.98. The number of thiazole rings is 1. The van der Waals surface area contributed by atoms with Crippen molar-refractivity contribution in [3.05, 3.63) is 69.0 Å². The van der Waals surface area contributed by atoms with Gasteiger partial charge in [0.2, 0.25) is 0 Å². The molecule has 122 valence electrons. The summed E-state index contributed by atoms with van der Waals surface area (Å²) >= 11 is 12.6. The lowest BCUT2D eigenvalue weighted by Gasteiger charge is -2.05. The summed E-state index contributed by atoms with van der Waals surface area (Å²) in [6.07, 6.45) is 0. The maximum Gasteiger partial charge on any atom is 0.259 e. The lowest BCUT2D eigenvalue weighted by atomic mass is 10.2. The molecule has 0 radical (unpaired) electrons. The van der Waals surface area contributed by atoms with E-state index in [4.69, 9.17) is 23.2 Å². The van der Waals surface area contributed by atoms with Gasteiger partial charge in [0.25, 0.3) is 5.91 Å². The first-order valence-corrected chi connectivity index (χ1v) is 8.25. The molecule has 0 saturated heterocycles. The Labute approximate surface area is 149 Å². The van der Waals surface area contributed by atoms with Gasteiger partial charge in [-0.3, -0.25) is 10.1 Å². The van der Waals surface area contributed by atoms with Crippen molar-refractivity contribution in [3.63, 3.8) is 0 Å². The minimum Gasteiger partial charge on any atom is -0.298 e. The molecule has 0 unspecified atom stereocenters. The molecule has 2 aromatic carbocycles. The first-order chi connectivity index (χ1) is 11.5. The van der Waals surface area contributed by atoms with E-state index in [9.17, 15) is 13.6 Å². The Balaban J connectivity index is 1.84. The Bertz CT molecular complexity index is 930. The largest absolute Gasteiger partial charge is 0.298 e. The summed E-state index contributed by atoms with van der Waals surface area (Å²) in [5.74, 6) is -1.80. The fourth-order valence-corrected chi connectivity index (χ4v) is 3.16. The molecule has 1 aromatic heterocycles. The third-order valence-electron chi connectivity index (χ3n) is 3.13. The Morgan fingerprint density at radius 2 is 1.83 bits per heavy atom. The number of hydrogen-bond acceptors (Lipinski definition) is 3. The Morgan fingerprint density at radius 1 is 1.08 bits per heavy atom. The molecule has 0 saturated carbocycles. The second kappa shape index (κ2) is 6.84. The quantitative estimate of drug-likeness (QED) is 0.593. The minimum atomic E-state index is -0.752. The lowest BCUT2D eigenvalue weighted by Crippen LogP contribution is -2.12. The van der Waals surface area contributed by atoms with Gasteiger partial charge in [-0.25, -0.2) is 13.8 Å². The highest BCUT2D eigenvalue weighted by molar-refractivity contribution is 7.14. The van der Waals surface area contributed by atoms with Gasteiger partial charge in [0, 0.05) is 10.9 Å². The predicted octanol–water partition coefficient (Wildman–Crippen LogP) is 5.65. The Morgan fingerprint density at radius 3 is 2.58 bits per heavy atom. The maximum atomic E-state index is 13.8. The monoisotopic (exact) mass is 384 g/mol. The molecule has 0 spiro atoms. The second-order valence-corrected chi connectivity index (χ2v) is 6.39. The number of rotatable bonds is 3. The zero-order valence-electron chi connectivity index (χ0n) is 11.8. The van der Waals surface area contributed by atoms with Gasteiger partial charge < -0.3 is 0 Å². The number of hydrogen-bond donors (Lipinski definition) is 1. The molecule has 3 nitrogen and oxygen atoms in total. The molecule has 0 aliphatic rings.